The van der Waals surface area contributed by atoms with Crippen LogP contribution in [0.1, 0.15) is 25.0 Å². The van der Waals surface area contributed by atoms with Crippen LogP contribution in [0.25, 0.3) is 74.7 Å². The van der Waals surface area contributed by atoms with Gasteiger partial charge in [0.05, 0.1) is 0 Å². The standard InChI is InChI=1S/C51H35NS/c1-51(2)46-13-7-5-11-42(46)43-28-25-40(31-47(43)51)52(39-24-19-32-9-3-4-10-35(32)30-39)38-22-17-33(18-23-38)36-21-26-41-37(29-36)16-15-34-20-27-45-44-12-6-8-14-48(44)53-50(45)49(34)41/h3-31H,1-2H3. The van der Waals surface area contributed by atoms with E-state index in [9.17, 15) is 0 Å². The molecule has 11 rings (SSSR count). The second kappa shape index (κ2) is 11.4. The maximum absolute atomic E-state index is 2.42. The van der Waals surface area contributed by atoms with Crippen molar-refractivity contribution in [1.82, 2.24) is 0 Å². The van der Waals surface area contributed by atoms with E-state index in [0.29, 0.717) is 0 Å². The molecule has 0 aliphatic heterocycles. The summed E-state index contributed by atoms with van der Waals surface area (Å²) in [5.41, 5.74) is 11.2. The van der Waals surface area contributed by atoms with E-state index in [4.69, 9.17) is 0 Å². The van der Waals surface area contributed by atoms with Gasteiger partial charge in [-0.1, -0.05) is 141 Å². The van der Waals surface area contributed by atoms with Crippen molar-refractivity contribution in [3.63, 3.8) is 0 Å². The molecule has 250 valence electrons. The number of hydrogen-bond donors (Lipinski definition) is 0. The van der Waals surface area contributed by atoms with E-state index in [1.807, 2.05) is 11.3 Å². The molecule has 1 aliphatic rings. The van der Waals surface area contributed by atoms with E-state index in [-0.39, 0.29) is 5.41 Å². The van der Waals surface area contributed by atoms with E-state index in [1.165, 1.54) is 85.9 Å². The summed E-state index contributed by atoms with van der Waals surface area (Å²) in [6, 6.07) is 65.4. The molecule has 0 fully saturated rings. The van der Waals surface area contributed by atoms with Crippen LogP contribution in [0.3, 0.4) is 0 Å². The highest BCUT2D eigenvalue weighted by molar-refractivity contribution is 7.26. The van der Waals surface area contributed by atoms with Crippen LogP contribution in [-0.2, 0) is 5.41 Å². The van der Waals surface area contributed by atoms with Crippen molar-refractivity contribution in [3.8, 4) is 22.3 Å². The van der Waals surface area contributed by atoms with Gasteiger partial charge < -0.3 is 4.90 Å². The fourth-order valence-corrected chi connectivity index (χ4v) is 10.2. The van der Waals surface area contributed by atoms with E-state index in [0.717, 1.165) is 17.1 Å². The number of hydrogen-bond acceptors (Lipinski definition) is 2. The first-order chi connectivity index (χ1) is 26.0. The van der Waals surface area contributed by atoms with Gasteiger partial charge >= 0.3 is 0 Å². The molecule has 0 atom stereocenters. The minimum absolute atomic E-state index is 0.0784. The van der Waals surface area contributed by atoms with Gasteiger partial charge in [0.1, 0.15) is 0 Å². The van der Waals surface area contributed by atoms with Crippen LogP contribution in [0, 0.1) is 0 Å². The van der Waals surface area contributed by atoms with Gasteiger partial charge in [0.25, 0.3) is 0 Å². The molecule has 0 saturated carbocycles. The van der Waals surface area contributed by atoms with Crippen molar-refractivity contribution in [3.05, 3.63) is 187 Å². The predicted octanol–water partition coefficient (Wildman–Crippen LogP) is 15.0. The van der Waals surface area contributed by atoms with Crippen molar-refractivity contribution in [2.45, 2.75) is 19.3 Å². The zero-order valence-electron chi connectivity index (χ0n) is 29.6. The molecule has 0 radical (unpaired) electrons. The van der Waals surface area contributed by atoms with Gasteiger partial charge in [0.2, 0.25) is 0 Å². The number of thiophene rings is 1. The Morgan fingerprint density at radius 3 is 1.96 bits per heavy atom. The number of fused-ring (bicyclic) bond motifs is 11. The van der Waals surface area contributed by atoms with Crippen LogP contribution >= 0.6 is 11.3 Å². The lowest BCUT2D eigenvalue weighted by Gasteiger charge is -2.28. The molecule has 0 N–H and O–H groups in total. The van der Waals surface area contributed by atoms with Gasteiger partial charge in [0, 0.05) is 48.0 Å². The zero-order chi connectivity index (χ0) is 35.3. The summed E-state index contributed by atoms with van der Waals surface area (Å²) in [5.74, 6) is 0. The fraction of sp³-hybridized carbons (Fsp3) is 0.0588. The lowest BCUT2D eigenvalue weighted by atomic mass is 9.82. The van der Waals surface area contributed by atoms with Crippen LogP contribution in [0.15, 0.2) is 176 Å². The average molecular weight is 694 g/mol. The smallest absolute Gasteiger partial charge is 0.0468 e. The second-order valence-electron chi connectivity index (χ2n) is 15.0. The third-order valence-corrected chi connectivity index (χ3v) is 12.8. The summed E-state index contributed by atoms with van der Waals surface area (Å²) >= 11 is 1.91. The second-order valence-corrected chi connectivity index (χ2v) is 16.0. The summed E-state index contributed by atoms with van der Waals surface area (Å²) in [6.45, 7) is 4.71. The molecule has 0 unspecified atom stereocenters. The first kappa shape index (κ1) is 30.4. The van der Waals surface area contributed by atoms with Crippen LogP contribution in [-0.4, -0.2) is 0 Å². The van der Waals surface area contributed by atoms with Crippen LogP contribution in [0.5, 0.6) is 0 Å². The Morgan fingerprint density at radius 1 is 0.415 bits per heavy atom. The van der Waals surface area contributed by atoms with Crippen LogP contribution in [0.2, 0.25) is 0 Å². The van der Waals surface area contributed by atoms with Gasteiger partial charge in [-0.3, -0.25) is 0 Å². The Hall–Kier alpha value is -6.22. The van der Waals surface area contributed by atoms with E-state index in [1.54, 1.807) is 0 Å². The van der Waals surface area contributed by atoms with E-state index in [2.05, 4.69) is 195 Å². The summed E-state index contributed by atoms with van der Waals surface area (Å²) < 4.78 is 2.72. The maximum Gasteiger partial charge on any atom is 0.0468 e. The molecule has 2 heteroatoms. The molecular formula is C51H35NS. The average Bonchev–Trinajstić information content (AvgIpc) is 3.70. The molecular weight excluding hydrogens is 659 g/mol. The highest BCUT2D eigenvalue weighted by Gasteiger charge is 2.35. The Balaban J connectivity index is 1.02. The quantitative estimate of drug-likeness (QED) is 0.166. The molecule has 10 aromatic rings. The first-order valence-corrected chi connectivity index (χ1v) is 19.2. The predicted molar refractivity (Wildman–Crippen MR) is 230 cm³/mol. The molecule has 9 aromatic carbocycles. The fourth-order valence-electron chi connectivity index (χ4n) is 8.91. The third kappa shape index (κ3) is 4.62. The highest BCUT2D eigenvalue weighted by Crippen LogP contribution is 2.51. The summed E-state index contributed by atoms with van der Waals surface area (Å²) in [4.78, 5) is 2.42. The van der Waals surface area contributed by atoms with Crippen molar-refractivity contribution in [2.24, 2.45) is 0 Å². The number of anilines is 3. The van der Waals surface area contributed by atoms with Crippen molar-refractivity contribution < 1.29 is 0 Å². The lowest BCUT2D eigenvalue weighted by Crippen LogP contribution is -2.16. The topological polar surface area (TPSA) is 3.24 Å². The monoisotopic (exact) mass is 693 g/mol. The van der Waals surface area contributed by atoms with Crippen molar-refractivity contribution in [1.29, 1.82) is 0 Å². The van der Waals surface area contributed by atoms with Crippen molar-refractivity contribution >= 4 is 80.9 Å². The summed E-state index contributed by atoms with van der Waals surface area (Å²) in [7, 11) is 0. The normalized spacial score (nSPS) is 13.2. The SMILES string of the molecule is CC1(C)c2ccccc2-c2ccc(N(c3ccc(-c4ccc5c(ccc6ccc7c8ccccc8sc7c65)c4)cc3)c3ccc4ccccc4c3)cc21. The third-order valence-electron chi connectivity index (χ3n) is 11.6. The minimum Gasteiger partial charge on any atom is -0.310 e. The summed E-state index contributed by atoms with van der Waals surface area (Å²) in [5, 5.41) is 10.4. The van der Waals surface area contributed by atoms with Gasteiger partial charge in [-0.15, -0.1) is 11.3 Å². The Bertz CT molecular complexity index is 3090. The Labute approximate surface area is 313 Å². The molecule has 1 nitrogen and oxygen atoms in total. The van der Waals surface area contributed by atoms with Crippen LogP contribution < -0.4 is 4.90 Å². The molecule has 1 heterocycles. The van der Waals surface area contributed by atoms with Crippen molar-refractivity contribution in [2.75, 3.05) is 4.90 Å². The highest BCUT2D eigenvalue weighted by atomic mass is 32.1. The molecule has 0 amide bonds. The molecule has 53 heavy (non-hydrogen) atoms. The molecule has 1 aliphatic carbocycles. The minimum atomic E-state index is -0.0784. The Kier molecular flexibility index (Phi) is 6.53. The van der Waals surface area contributed by atoms with Gasteiger partial charge in [-0.25, -0.2) is 0 Å². The first-order valence-electron chi connectivity index (χ1n) is 18.4. The lowest BCUT2D eigenvalue weighted by molar-refractivity contribution is 0.660. The van der Waals surface area contributed by atoms with Gasteiger partial charge in [-0.2, -0.15) is 0 Å². The van der Waals surface area contributed by atoms with E-state index >= 15 is 0 Å². The number of benzene rings is 9. The van der Waals surface area contributed by atoms with Gasteiger partial charge in [-0.05, 0) is 109 Å². The summed E-state index contributed by atoms with van der Waals surface area (Å²) in [6.07, 6.45) is 0. The zero-order valence-corrected chi connectivity index (χ0v) is 30.4. The Morgan fingerprint density at radius 2 is 1.06 bits per heavy atom. The van der Waals surface area contributed by atoms with Gasteiger partial charge in [0.15, 0.2) is 0 Å². The largest absolute Gasteiger partial charge is 0.310 e. The molecule has 1 aromatic heterocycles. The molecule has 0 spiro atoms. The van der Waals surface area contributed by atoms with Crippen LogP contribution in [0.4, 0.5) is 17.1 Å². The van der Waals surface area contributed by atoms with E-state index < -0.39 is 0 Å². The molecule has 0 bridgehead atoms. The number of rotatable bonds is 4. The molecule has 0 saturated heterocycles. The number of nitrogens with zero attached hydrogens (tertiary/aromatic N) is 1. The maximum atomic E-state index is 2.42.